The SMILES string of the molecule is CC(C)(C)C(CC(=O)O)NC(=O)[C@@H](NC(=O)OCC1c2ccccc2-c2ccccc21)C(C)(C)C. The van der Waals surface area contributed by atoms with Gasteiger partial charge in [-0.1, -0.05) is 90.1 Å². The minimum absolute atomic E-state index is 0.0871. The predicted octanol–water partition coefficient (Wildman–Crippen LogP) is 4.95. The number of carbonyl (C=O) groups excluding carboxylic acids is 2. The van der Waals surface area contributed by atoms with E-state index in [1.807, 2.05) is 77.9 Å². The van der Waals surface area contributed by atoms with E-state index in [0.717, 1.165) is 22.3 Å². The van der Waals surface area contributed by atoms with Crippen molar-refractivity contribution in [2.75, 3.05) is 6.61 Å². The van der Waals surface area contributed by atoms with E-state index in [1.165, 1.54) is 0 Å². The number of rotatable bonds is 7. The molecule has 0 radical (unpaired) electrons. The maximum absolute atomic E-state index is 13.2. The fraction of sp³-hybridized carbons (Fsp3) is 0.464. The fourth-order valence-corrected chi connectivity index (χ4v) is 4.44. The van der Waals surface area contributed by atoms with Crippen molar-refractivity contribution in [2.24, 2.45) is 10.8 Å². The van der Waals surface area contributed by atoms with Gasteiger partial charge in [0, 0.05) is 12.0 Å². The first kappa shape index (κ1) is 26.3. The maximum Gasteiger partial charge on any atom is 0.407 e. The molecule has 188 valence electrons. The van der Waals surface area contributed by atoms with Gasteiger partial charge in [-0.25, -0.2) is 4.79 Å². The summed E-state index contributed by atoms with van der Waals surface area (Å²) in [5.41, 5.74) is 3.38. The van der Waals surface area contributed by atoms with Crippen LogP contribution in [0.25, 0.3) is 11.1 Å². The Hall–Kier alpha value is -3.35. The van der Waals surface area contributed by atoms with Gasteiger partial charge in [0.2, 0.25) is 5.91 Å². The molecule has 2 amide bonds. The van der Waals surface area contributed by atoms with Crippen LogP contribution >= 0.6 is 0 Å². The van der Waals surface area contributed by atoms with Crippen molar-refractivity contribution in [1.29, 1.82) is 0 Å². The zero-order valence-corrected chi connectivity index (χ0v) is 21.3. The number of ether oxygens (including phenoxy) is 1. The van der Waals surface area contributed by atoms with Gasteiger partial charge in [-0.05, 0) is 33.1 Å². The first-order chi connectivity index (χ1) is 16.3. The van der Waals surface area contributed by atoms with Crippen molar-refractivity contribution in [3.05, 3.63) is 59.7 Å². The first-order valence-electron chi connectivity index (χ1n) is 11.9. The smallest absolute Gasteiger partial charge is 0.407 e. The van der Waals surface area contributed by atoms with Gasteiger partial charge in [-0.2, -0.15) is 0 Å². The molecule has 0 fully saturated rings. The molecule has 1 aliphatic rings. The summed E-state index contributed by atoms with van der Waals surface area (Å²) in [4.78, 5) is 37.3. The number of aliphatic carboxylic acids is 1. The Bertz CT molecular complexity index is 1050. The topological polar surface area (TPSA) is 105 Å². The summed E-state index contributed by atoms with van der Waals surface area (Å²) < 4.78 is 5.63. The van der Waals surface area contributed by atoms with Crippen LogP contribution in [0.5, 0.6) is 0 Å². The highest BCUT2D eigenvalue weighted by Crippen LogP contribution is 2.44. The third kappa shape index (κ3) is 6.21. The number of amides is 2. The third-order valence-electron chi connectivity index (χ3n) is 6.47. The number of benzene rings is 2. The Kier molecular flexibility index (Phi) is 7.58. The van der Waals surface area contributed by atoms with E-state index in [4.69, 9.17) is 4.74 Å². The molecule has 7 heteroatoms. The van der Waals surface area contributed by atoms with E-state index in [-0.39, 0.29) is 18.9 Å². The summed E-state index contributed by atoms with van der Waals surface area (Å²) in [5.74, 6) is -1.52. The lowest BCUT2D eigenvalue weighted by Crippen LogP contribution is -2.57. The zero-order valence-electron chi connectivity index (χ0n) is 21.3. The molecule has 2 atom stereocenters. The summed E-state index contributed by atoms with van der Waals surface area (Å²) in [7, 11) is 0. The maximum atomic E-state index is 13.2. The Labute approximate surface area is 207 Å². The van der Waals surface area contributed by atoms with Crippen LogP contribution in [0.2, 0.25) is 0 Å². The molecule has 1 unspecified atom stereocenters. The Balaban J connectivity index is 1.71. The lowest BCUT2D eigenvalue weighted by Gasteiger charge is -2.35. The van der Waals surface area contributed by atoms with Gasteiger partial charge in [0.05, 0.1) is 6.42 Å². The first-order valence-corrected chi connectivity index (χ1v) is 11.9. The number of hydrogen-bond acceptors (Lipinski definition) is 4. The van der Waals surface area contributed by atoms with E-state index in [2.05, 4.69) is 22.8 Å². The van der Waals surface area contributed by atoms with Crippen molar-refractivity contribution in [3.8, 4) is 11.1 Å². The van der Waals surface area contributed by atoms with Gasteiger partial charge in [-0.15, -0.1) is 0 Å². The van der Waals surface area contributed by atoms with E-state index >= 15 is 0 Å². The lowest BCUT2D eigenvalue weighted by molar-refractivity contribution is -0.138. The molecule has 35 heavy (non-hydrogen) atoms. The molecule has 7 nitrogen and oxygen atoms in total. The highest BCUT2D eigenvalue weighted by atomic mass is 16.5. The molecule has 0 bridgehead atoms. The van der Waals surface area contributed by atoms with Crippen molar-refractivity contribution in [2.45, 2.75) is 66.0 Å². The van der Waals surface area contributed by atoms with Crippen LogP contribution < -0.4 is 10.6 Å². The van der Waals surface area contributed by atoms with E-state index in [0.29, 0.717) is 0 Å². The molecule has 0 heterocycles. The Morgan fingerprint density at radius 2 is 1.37 bits per heavy atom. The second-order valence-corrected chi connectivity index (χ2v) is 11.3. The molecule has 2 aromatic carbocycles. The van der Waals surface area contributed by atoms with Crippen molar-refractivity contribution < 1.29 is 24.2 Å². The summed E-state index contributed by atoms with van der Waals surface area (Å²) in [6.45, 7) is 11.3. The molecule has 3 N–H and O–H groups in total. The average molecular weight is 481 g/mol. The second-order valence-electron chi connectivity index (χ2n) is 11.3. The van der Waals surface area contributed by atoms with E-state index in [1.54, 1.807) is 0 Å². The molecule has 0 spiro atoms. The number of fused-ring (bicyclic) bond motifs is 3. The molecule has 0 aromatic heterocycles. The van der Waals surface area contributed by atoms with Gasteiger partial charge in [0.15, 0.2) is 0 Å². The molecule has 0 aliphatic heterocycles. The molecule has 2 aromatic rings. The minimum atomic E-state index is -0.998. The summed E-state index contributed by atoms with van der Waals surface area (Å²) in [5, 5.41) is 14.8. The molecule has 1 aliphatic carbocycles. The van der Waals surface area contributed by atoms with Crippen LogP contribution in [0.3, 0.4) is 0 Å². The minimum Gasteiger partial charge on any atom is -0.481 e. The van der Waals surface area contributed by atoms with Gasteiger partial charge >= 0.3 is 12.1 Å². The summed E-state index contributed by atoms with van der Waals surface area (Å²) >= 11 is 0. The summed E-state index contributed by atoms with van der Waals surface area (Å²) in [6, 6.07) is 14.7. The monoisotopic (exact) mass is 480 g/mol. The fourth-order valence-electron chi connectivity index (χ4n) is 4.44. The van der Waals surface area contributed by atoms with E-state index < -0.39 is 40.9 Å². The normalized spacial score (nSPS) is 14.9. The highest BCUT2D eigenvalue weighted by molar-refractivity contribution is 5.87. The number of alkyl carbamates (subject to hydrolysis) is 1. The van der Waals surface area contributed by atoms with Crippen LogP contribution in [0.1, 0.15) is 65.0 Å². The van der Waals surface area contributed by atoms with Gasteiger partial charge in [-0.3, -0.25) is 9.59 Å². The Morgan fingerprint density at radius 3 is 1.83 bits per heavy atom. The average Bonchev–Trinajstić information content (AvgIpc) is 3.07. The zero-order chi connectivity index (χ0) is 26.0. The van der Waals surface area contributed by atoms with Gasteiger partial charge in [0.25, 0.3) is 0 Å². The number of hydrogen-bond donors (Lipinski definition) is 3. The van der Waals surface area contributed by atoms with Crippen molar-refractivity contribution >= 4 is 18.0 Å². The summed E-state index contributed by atoms with van der Waals surface area (Å²) in [6.07, 6.45) is -0.899. The Morgan fingerprint density at radius 1 is 0.857 bits per heavy atom. The van der Waals surface area contributed by atoms with E-state index in [9.17, 15) is 19.5 Å². The quantitative estimate of drug-likeness (QED) is 0.520. The van der Waals surface area contributed by atoms with Crippen LogP contribution in [-0.2, 0) is 14.3 Å². The number of carbonyl (C=O) groups is 3. The molecular formula is C28H36N2O5. The third-order valence-corrected chi connectivity index (χ3v) is 6.47. The van der Waals surface area contributed by atoms with Gasteiger partial charge in [0.1, 0.15) is 12.6 Å². The number of carboxylic acids is 1. The van der Waals surface area contributed by atoms with Crippen molar-refractivity contribution in [3.63, 3.8) is 0 Å². The standard InChI is InChI=1S/C28H36N2O5/c1-27(2,3)22(15-23(31)32)29-25(33)24(28(4,5)6)30-26(34)35-16-21-19-13-9-7-11-17(19)18-12-8-10-14-20(18)21/h7-14,21-22,24H,15-16H2,1-6H3,(H,29,33)(H,30,34)(H,31,32)/t22?,24-/m1/s1. The number of nitrogens with one attached hydrogen (secondary N) is 2. The second kappa shape index (κ2) is 10.1. The van der Waals surface area contributed by atoms with Crippen LogP contribution in [0.15, 0.2) is 48.5 Å². The largest absolute Gasteiger partial charge is 0.481 e. The van der Waals surface area contributed by atoms with Crippen LogP contribution in [0, 0.1) is 10.8 Å². The molecule has 3 rings (SSSR count). The van der Waals surface area contributed by atoms with Crippen molar-refractivity contribution in [1.82, 2.24) is 10.6 Å². The van der Waals surface area contributed by atoms with Crippen LogP contribution in [-0.4, -0.2) is 41.8 Å². The lowest BCUT2D eigenvalue weighted by atomic mass is 9.82. The number of carboxylic acid groups (broad SMARTS) is 1. The molecular weight excluding hydrogens is 444 g/mol. The van der Waals surface area contributed by atoms with Crippen LogP contribution in [0.4, 0.5) is 4.79 Å². The predicted molar refractivity (Wildman–Crippen MR) is 135 cm³/mol. The van der Waals surface area contributed by atoms with Gasteiger partial charge < -0.3 is 20.5 Å². The molecule has 0 saturated heterocycles. The molecule has 0 saturated carbocycles. The highest BCUT2D eigenvalue weighted by Gasteiger charge is 2.37.